The molecule has 1 heterocycles. The molecule has 0 saturated heterocycles. The third-order valence-electron chi connectivity index (χ3n) is 4.88. The summed E-state index contributed by atoms with van der Waals surface area (Å²) in [6, 6.07) is 11.6. The standard InChI is InChI=1S/C18H25N3/c1-21(16-7-3-2-4-8-16)18(13-19)15-9-10-17-14(12-15)6-5-11-20-17/h5-6,9-12,16,18H,2-4,7-8,13,19H2,1H3. The predicted molar refractivity (Wildman–Crippen MR) is 88.2 cm³/mol. The first-order valence-electron chi connectivity index (χ1n) is 8.06. The zero-order valence-corrected chi connectivity index (χ0v) is 12.8. The van der Waals surface area contributed by atoms with Crippen molar-refractivity contribution in [1.82, 2.24) is 9.88 Å². The number of nitrogens with zero attached hydrogens (tertiary/aromatic N) is 2. The number of fused-ring (bicyclic) bond motifs is 1. The van der Waals surface area contributed by atoms with E-state index in [1.54, 1.807) is 0 Å². The van der Waals surface area contributed by atoms with Gasteiger partial charge in [0.1, 0.15) is 0 Å². The normalized spacial score (nSPS) is 18.2. The molecule has 3 heteroatoms. The smallest absolute Gasteiger partial charge is 0.0702 e. The lowest BCUT2D eigenvalue weighted by Crippen LogP contribution is -2.39. The van der Waals surface area contributed by atoms with Gasteiger partial charge in [0.05, 0.1) is 5.52 Å². The minimum atomic E-state index is 0.303. The Bertz CT molecular complexity index is 590. The molecule has 1 aliphatic carbocycles. The second-order valence-corrected chi connectivity index (χ2v) is 6.16. The molecule has 0 spiro atoms. The quantitative estimate of drug-likeness (QED) is 0.934. The summed E-state index contributed by atoms with van der Waals surface area (Å²) in [6.45, 7) is 0.665. The highest BCUT2D eigenvalue weighted by molar-refractivity contribution is 5.79. The molecule has 2 aromatic rings. The van der Waals surface area contributed by atoms with E-state index in [0.717, 1.165) is 5.52 Å². The minimum absolute atomic E-state index is 0.303. The van der Waals surface area contributed by atoms with Gasteiger partial charge in [0.15, 0.2) is 0 Å². The van der Waals surface area contributed by atoms with Gasteiger partial charge in [-0.2, -0.15) is 0 Å². The second-order valence-electron chi connectivity index (χ2n) is 6.16. The van der Waals surface area contributed by atoms with E-state index in [9.17, 15) is 0 Å². The van der Waals surface area contributed by atoms with Crippen LogP contribution < -0.4 is 5.73 Å². The van der Waals surface area contributed by atoms with Crippen molar-refractivity contribution >= 4 is 10.9 Å². The second kappa shape index (κ2) is 6.54. The third-order valence-corrected chi connectivity index (χ3v) is 4.88. The van der Waals surface area contributed by atoms with E-state index in [2.05, 4.69) is 41.2 Å². The minimum Gasteiger partial charge on any atom is -0.329 e. The van der Waals surface area contributed by atoms with Crippen LogP contribution in [0.5, 0.6) is 0 Å². The van der Waals surface area contributed by atoms with E-state index in [4.69, 9.17) is 5.73 Å². The summed E-state index contributed by atoms with van der Waals surface area (Å²) < 4.78 is 0. The van der Waals surface area contributed by atoms with Gasteiger partial charge in [0.2, 0.25) is 0 Å². The largest absolute Gasteiger partial charge is 0.329 e. The van der Waals surface area contributed by atoms with Crippen LogP contribution in [-0.4, -0.2) is 29.5 Å². The summed E-state index contributed by atoms with van der Waals surface area (Å²) in [6.07, 6.45) is 8.56. The van der Waals surface area contributed by atoms with Gasteiger partial charge in [-0.25, -0.2) is 0 Å². The molecular weight excluding hydrogens is 258 g/mol. The van der Waals surface area contributed by atoms with Gasteiger partial charge >= 0.3 is 0 Å². The Kier molecular flexibility index (Phi) is 4.51. The summed E-state index contributed by atoms with van der Waals surface area (Å²) in [5.74, 6) is 0. The molecular formula is C18H25N3. The van der Waals surface area contributed by atoms with Crippen molar-refractivity contribution in [3.05, 3.63) is 42.1 Å². The molecule has 1 fully saturated rings. The number of pyridine rings is 1. The highest BCUT2D eigenvalue weighted by Crippen LogP contribution is 2.29. The van der Waals surface area contributed by atoms with E-state index in [0.29, 0.717) is 18.6 Å². The van der Waals surface area contributed by atoms with Crippen LogP contribution in [0.3, 0.4) is 0 Å². The summed E-state index contributed by atoms with van der Waals surface area (Å²) in [4.78, 5) is 6.89. The van der Waals surface area contributed by atoms with Gasteiger partial charge in [-0.05, 0) is 43.7 Å². The van der Waals surface area contributed by atoms with Crippen molar-refractivity contribution in [3.8, 4) is 0 Å². The monoisotopic (exact) mass is 283 g/mol. The molecule has 1 saturated carbocycles. The van der Waals surface area contributed by atoms with Crippen molar-refractivity contribution in [1.29, 1.82) is 0 Å². The lowest BCUT2D eigenvalue weighted by atomic mass is 9.92. The van der Waals surface area contributed by atoms with Crippen LogP contribution in [0.15, 0.2) is 36.5 Å². The Morgan fingerprint density at radius 3 is 2.81 bits per heavy atom. The fourth-order valence-corrected chi connectivity index (χ4v) is 3.58. The molecule has 1 aliphatic rings. The number of nitrogens with two attached hydrogens (primary N) is 1. The molecule has 0 bridgehead atoms. The lowest BCUT2D eigenvalue weighted by molar-refractivity contribution is 0.141. The predicted octanol–water partition coefficient (Wildman–Crippen LogP) is 3.50. The van der Waals surface area contributed by atoms with Crippen LogP contribution in [0, 0.1) is 0 Å². The van der Waals surface area contributed by atoms with E-state index in [1.165, 1.54) is 43.1 Å². The van der Waals surface area contributed by atoms with Crippen molar-refractivity contribution < 1.29 is 0 Å². The first-order chi connectivity index (χ1) is 10.3. The van der Waals surface area contributed by atoms with Gasteiger partial charge in [-0.15, -0.1) is 0 Å². The van der Waals surface area contributed by atoms with Crippen molar-refractivity contribution in [2.45, 2.75) is 44.2 Å². The summed E-state index contributed by atoms with van der Waals surface area (Å²) in [7, 11) is 2.24. The molecule has 21 heavy (non-hydrogen) atoms. The molecule has 0 radical (unpaired) electrons. The number of rotatable bonds is 4. The number of benzene rings is 1. The van der Waals surface area contributed by atoms with Crippen LogP contribution in [0.1, 0.15) is 43.7 Å². The maximum atomic E-state index is 6.10. The lowest BCUT2D eigenvalue weighted by Gasteiger charge is -2.37. The summed E-state index contributed by atoms with van der Waals surface area (Å²) in [5.41, 5.74) is 8.46. The highest BCUT2D eigenvalue weighted by atomic mass is 15.2. The number of likely N-dealkylation sites (N-methyl/N-ethyl adjacent to an activating group) is 1. The fourth-order valence-electron chi connectivity index (χ4n) is 3.58. The van der Waals surface area contributed by atoms with Crippen molar-refractivity contribution in [3.63, 3.8) is 0 Å². The van der Waals surface area contributed by atoms with Gasteiger partial charge in [-0.3, -0.25) is 9.88 Å². The van der Waals surface area contributed by atoms with Crippen molar-refractivity contribution in [2.75, 3.05) is 13.6 Å². The Labute approximate surface area is 127 Å². The van der Waals surface area contributed by atoms with Crippen LogP contribution in [0.4, 0.5) is 0 Å². The Morgan fingerprint density at radius 1 is 1.24 bits per heavy atom. The molecule has 0 aliphatic heterocycles. The van der Waals surface area contributed by atoms with Crippen LogP contribution in [0.25, 0.3) is 10.9 Å². The molecule has 1 unspecified atom stereocenters. The Morgan fingerprint density at radius 2 is 2.05 bits per heavy atom. The van der Waals surface area contributed by atoms with Gasteiger partial charge < -0.3 is 5.73 Å². The van der Waals surface area contributed by atoms with Crippen LogP contribution >= 0.6 is 0 Å². The van der Waals surface area contributed by atoms with E-state index in [-0.39, 0.29) is 0 Å². The van der Waals surface area contributed by atoms with Crippen LogP contribution in [0.2, 0.25) is 0 Å². The van der Waals surface area contributed by atoms with Gasteiger partial charge in [0, 0.05) is 30.2 Å². The zero-order valence-electron chi connectivity index (χ0n) is 12.8. The van der Waals surface area contributed by atoms with Gasteiger partial charge in [0.25, 0.3) is 0 Å². The summed E-state index contributed by atoms with van der Waals surface area (Å²) >= 11 is 0. The third kappa shape index (κ3) is 3.09. The molecule has 3 rings (SSSR count). The van der Waals surface area contributed by atoms with Crippen LogP contribution in [-0.2, 0) is 0 Å². The van der Waals surface area contributed by atoms with E-state index < -0.39 is 0 Å². The molecule has 1 aromatic heterocycles. The maximum absolute atomic E-state index is 6.10. The highest BCUT2D eigenvalue weighted by Gasteiger charge is 2.24. The first-order valence-corrected chi connectivity index (χ1v) is 8.06. The Balaban J connectivity index is 1.86. The van der Waals surface area contributed by atoms with E-state index >= 15 is 0 Å². The topological polar surface area (TPSA) is 42.1 Å². The molecule has 3 nitrogen and oxygen atoms in total. The van der Waals surface area contributed by atoms with E-state index in [1.807, 2.05) is 12.3 Å². The molecule has 1 aromatic carbocycles. The number of hydrogen-bond acceptors (Lipinski definition) is 3. The molecule has 112 valence electrons. The maximum Gasteiger partial charge on any atom is 0.0702 e. The number of hydrogen-bond donors (Lipinski definition) is 1. The zero-order chi connectivity index (χ0) is 14.7. The molecule has 1 atom stereocenters. The van der Waals surface area contributed by atoms with Gasteiger partial charge in [-0.1, -0.05) is 31.4 Å². The first kappa shape index (κ1) is 14.5. The average Bonchev–Trinajstić information content (AvgIpc) is 2.56. The fraction of sp³-hybridized carbons (Fsp3) is 0.500. The summed E-state index contributed by atoms with van der Waals surface area (Å²) in [5, 5.41) is 1.20. The SMILES string of the molecule is CN(C1CCCCC1)C(CN)c1ccc2ncccc2c1. The molecule has 2 N–H and O–H groups in total. The average molecular weight is 283 g/mol. The number of aromatic nitrogens is 1. The molecule has 0 amide bonds. The van der Waals surface area contributed by atoms with Crippen molar-refractivity contribution in [2.24, 2.45) is 5.73 Å². The Hall–Kier alpha value is -1.45.